The highest BCUT2D eigenvalue weighted by atomic mass is 16.4. The molecule has 0 bridgehead atoms. The van der Waals surface area contributed by atoms with E-state index in [9.17, 15) is 4.79 Å². The number of carboxylic acids is 1. The molecular weight excluding hydrogens is 330 g/mol. The van der Waals surface area contributed by atoms with Gasteiger partial charge in [-0.1, -0.05) is 17.7 Å². The third-order valence-corrected chi connectivity index (χ3v) is 3.91. The monoisotopic (exact) mass is 349 g/mol. The topological polar surface area (TPSA) is 113 Å². The van der Waals surface area contributed by atoms with E-state index in [0.29, 0.717) is 23.0 Å². The fourth-order valence-electron chi connectivity index (χ4n) is 2.51. The molecule has 3 aromatic rings. The van der Waals surface area contributed by atoms with Crippen LogP contribution in [0.5, 0.6) is 0 Å². The van der Waals surface area contributed by atoms with E-state index in [-0.39, 0.29) is 5.56 Å². The van der Waals surface area contributed by atoms with Gasteiger partial charge in [-0.2, -0.15) is 0 Å². The largest absolute Gasteiger partial charge is 0.478 e. The zero-order chi connectivity index (χ0) is 18.7. The van der Waals surface area contributed by atoms with Gasteiger partial charge in [0, 0.05) is 11.4 Å². The van der Waals surface area contributed by atoms with Gasteiger partial charge in [0.15, 0.2) is 11.6 Å². The smallest absolute Gasteiger partial charge is 0.335 e. The number of benzene rings is 2. The summed E-state index contributed by atoms with van der Waals surface area (Å²) in [6.45, 7) is 4.05. The van der Waals surface area contributed by atoms with Gasteiger partial charge in [0.1, 0.15) is 12.0 Å². The van der Waals surface area contributed by atoms with Gasteiger partial charge in [-0.15, -0.1) is 0 Å². The van der Waals surface area contributed by atoms with Crippen LogP contribution >= 0.6 is 0 Å². The van der Waals surface area contributed by atoms with Gasteiger partial charge < -0.3 is 21.5 Å². The maximum atomic E-state index is 10.9. The Kier molecular flexibility index (Phi) is 4.70. The van der Waals surface area contributed by atoms with E-state index < -0.39 is 5.97 Å². The Hall–Kier alpha value is -3.61. The van der Waals surface area contributed by atoms with Crippen molar-refractivity contribution in [1.29, 1.82) is 0 Å². The van der Waals surface area contributed by atoms with Gasteiger partial charge in [-0.25, -0.2) is 14.8 Å². The van der Waals surface area contributed by atoms with E-state index in [2.05, 4.69) is 26.7 Å². The van der Waals surface area contributed by atoms with Crippen LogP contribution in [0, 0.1) is 13.8 Å². The SMILES string of the molecule is Cc1ccc(Nc2ncnc(Nc3ccc(C(=O)O)cc3)c2N)c(C)c1. The van der Waals surface area contributed by atoms with Crippen LogP contribution in [-0.4, -0.2) is 21.0 Å². The molecule has 7 nitrogen and oxygen atoms in total. The Morgan fingerprint density at radius 3 is 2.27 bits per heavy atom. The predicted octanol–water partition coefficient (Wildman–Crippen LogP) is 3.86. The number of anilines is 5. The average Bonchev–Trinajstić information content (AvgIpc) is 2.61. The molecule has 0 spiro atoms. The normalized spacial score (nSPS) is 10.4. The summed E-state index contributed by atoms with van der Waals surface area (Å²) in [5.74, 6) is -0.0370. The number of hydrogen-bond donors (Lipinski definition) is 4. The molecule has 1 heterocycles. The van der Waals surface area contributed by atoms with Crippen LogP contribution in [0.15, 0.2) is 48.8 Å². The number of aromatic nitrogens is 2. The number of nitrogens with two attached hydrogens (primary N) is 1. The fraction of sp³-hybridized carbons (Fsp3) is 0.105. The molecule has 1 aromatic heterocycles. The number of carbonyl (C=O) groups is 1. The van der Waals surface area contributed by atoms with Crippen molar-refractivity contribution in [3.8, 4) is 0 Å². The number of aromatic carboxylic acids is 1. The van der Waals surface area contributed by atoms with Gasteiger partial charge >= 0.3 is 5.97 Å². The molecule has 0 radical (unpaired) electrons. The lowest BCUT2D eigenvalue weighted by molar-refractivity contribution is 0.0697. The molecule has 0 aliphatic heterocycles. The number of nitrogens with one attached hydrogen (secondary N) is 2. The van der Waals surface area contributed by atoms with Crippen molar-refractivity contribution in [3.05, 3.63) is 65.5 Å². The number of carboxylic acid groups (broad SMARTS) is 1. The first-order chi connectivity index (χ1) is 12.4. The van der Waals surface area contributed by atoms with Crippen molar-refractivity contribution in [1.82, 2.24) is 9.97 Å². The van der Waals surface area contributed by atoms with E-state index >= 15 is 0 Å². The Labute approximate surface area is 150 Å². The number of nitrogen functional groups attached to an aromatic ring is 1. The van der Waals surface area contributed by atoms with Crippen LogP contribution < -0.4 is 16.4 Å². The minimum atomic E-state index is -0.974. The Balaban J connectivity index is 1.83. The number of aryl methyl sites for hydroxylation is 2. The van der Waals surface area contributed by atoms with E-state index in [1.807, 2.05) is 26.0 Å². The Morgan fingerprint density at radius 2 is 1.65 bits per heavy atom. The molecule has 26 heavy (non-hydrogen) atoms. The summed E-state index contributed by atoms with van der Waals surface area (Å²) in [7, 11) is 0. The zero-order valence-corrected chi connectivity index (χ0v) is 14.4. The number of hydrogen-bond acceptors (Lipinski definition) is 6. The van der Waals surface area contributed by atoms with Crippen molar-refractivity contribution in [3.63, 3.8) is 0 Å². The van der Waals surface area contributed by atoms with Gasteiger partial charge in [0.2, 0.25) is 0 Å². The maximum Gasteiger partial charge on any atom is 0.335 e. The highest BCUT2D eigenvalue weighted by Crippen LogP contribution is 2.29. The summed E-state index contributed by atoms with van der Waals surface area (Å²) in [5.41, 5.74) is 10.6. The molecule has 0 amide bonds. The molecule has 3 rings (SSSR count). The summed E-state index contributed by atoms with van der Waals surface area (Å²) >= 11 is 0. The molecule has 0 aliphatic rings. The Morgan fingerprint density at radius 1 is 1.00 bits per heavy atom. The molecule has 0 saturated heterocycles. The second-order valence-electron chi connectivity index (χ2n) is 5.94. The first-order valence-electron chi connectivity index (χ1n) is 7.99. The van der Waals surface area contributed by atoms with Crippen molar-refractivity contribution in [2.45, 2.75) is 13.8 Å². The lowest BCUT2D eigenvalue weighted by atomic mass is 10.1. The van der Waals surface area contributed by atoms with Crippen molar-refractivity contribution in [2.75, 3.05) is 16.4 Å². The van der Waals surface area contributed by atoms with Crippen LogP contribution in [0.1, 0.15) is 21.5 Å². The standard InChI is InChI=1S/C19H19N5O2/c1-11-3-8-15(12(2)9-11)24-18-16(20)17(21-10-22-18)23-14-6-4-13(5-7-14)19(25)26/h3-10H,20H2,1-2H3,(H,25,26)(H2,21,22,23,24). The molecule has 0 fully saturated rings. The third-order valence-electron chi connectivity index (χ3n) is 3.91. The third kappa shape index (κ3) is 3.72. The molecule has 0 aliphatic carbocycles. The van der Waals surface area contributed by atoms with Crippen LogP contribution in [0.3, 0.4) is 0 Å². The highest BCUT2D eigenvalue weighted by molar-refractivity contribution is 5.88. The number of rotatable bonds is 5. The van der Waals surface area contributed by atoms with Gasteiger partial charge in [0.05, 0.1) is 5.56 Å². The minimum absolute atomic E-state index is 0.211. The van der Waals surface area contributed by atoms with E-state index in [1.54, 1.807) is 12.1 Å². The van der Waals surface area contributed by atoms with Crippen molar-refractivity contribution >= 4 is 34.7 Å². The van der Waals surface area contributed by atoms with Crippen LogP contribution in [0.2, 0.25) is 0 Å². The molecule has 0 unspecified atom stereocenters. The second kappa shape index (κ2) is 7.10. The first-order valence-corrected chi connectivity index (χ1v) is 7.99. The summed E-state index contributed by atoms with van der Waals surface area (Å²) in [5, 5.41) is 15.3. The second-order valence-corrected chi connectivity index (χ2v) is 5.94. The molecule has 0 atom stereocenters. The molecule has 2 aromatic carbocycles. The molecule has 0 saturated carbocycles. The summed E-state index contributed by atoms with van der Waals surface area (Å²) in [6, 6.07) is 12.4. The van der Waals surface area contributed by atoms with E-state index in [4.69, 9.17) is 10.8 Å². The predicted molar refractivity (Wildman–Crippen MR) is 102 cm³/mol. The minimum Gasteiger partial charge on any atom is -0.478 e. The lowest BCUT2D eigenvalue weighted by Gasteiger charge is -2.14. The molecular formula is C19H19N5O2. The van der Waals surface area contributed by atoms with Gasteiger partial charge in [-0.05, 0) is 49.7 Å². The molecule has 132 valence electrons. The van der Waals surface area contributed by atoms with Gasteiger partial charge in [-0.3, -0.25) is 0 Å². The van der Waals surface area contributed by atoms with Gasteiger partial charge in [0.25, 0.3) is 0 Å². The Bertz CT molecular complexity index is 955. The van der Waals surface area contributed by atoms with E-state index in [0.717, 1.165) is 11.3 Å². The lowest BCUT2D eigenvalue weighted by Crippen LogP contribution is -2.06. The van der Waals surface area contributed by atoms with Crippen molar-refractivity contribution < 1.29 is 9.90 Å². The molecule has 5 N–H and O–H groups in total. The number of nitrogens with zero attached hydrogens (tertiary/aromatic N) is 2. The summed E-state index contributed by atoms with van der Waals surface area (Å²) < 4.78 is 0. The fourth-order valence-corrected chi connectivity index (χ4v) is 2.51. The summed E-state index contributed by atoms with van der Waals surface area (Å²) in [4.78, 5) is 19.3. The first kappa shape index (κ1) is 17.2. The highest BCUT2D eigenvalue weighted by Gasteiger charge is 2.10. The maximum absolute atomic E-state index is 10.9. The quantitative estimate of drug-likeness (QED) is 0.553. The van der Waals surface area contributed by atoms with Crippen LogP contribution in [-0.2, 0) is 0 Å². The average molecular weight is 349 g/mol. The zero-order valence-electron chi connectivity index (χ0n) is 14.4. The van der Waals surface area contributed by atoms with E-state index in [1.165, 1.54) is 24.0 Å². The summed E-state index contributed by atoms with van der Waals surface area (Å²) in [6.07, 6.45) is 1.41. The van der Waals surface area contributed by atoms with Crippen molar-refractivity contribution in [2.24, 2.45) is 0 Å². The van der Waals surface area contributed by atoms with Crippen LogP contribution in [0.25, 0.3) is 0 Å². The van der Waals surface area contributed by atoms with Crippen LogP contribution in [0.4, 0.5) is 28.7 Å². The molecule has 7 heteroatoms.